The smallest absolute Gasteiger partial charge is 0.320 e. The van der Waals surface area contributed by atoms with Gasteiger partial charge in [0.15, 0.2) is 0 Å². The summed E-state index contributed by atoms with van der Waals surface area (Å²) in [7, 11) is 0. The van der Waals surface area contributed by atoms with Gasteiger partial charge in [0.1, 0.15) is 6.04 Å². The first-order valence-corrected chi connectivity index (χ1v) is 4.65. The van der Waals surface area contributed by atoms with Crippen molar-refractivity contribution in [1.29, 1.82) is 0 Å². The molecule has 0 radical (unpaired) electrons. The van der Waals surface area contributed by atoms with Gasteiger partial charge in [-0.2, -0.15) is 0 Å². The number of hydrogen-bond donors (Lipinski definition) is 3. The molecule has 0 heterocycles. The summed E-state index contributed by atoms with van der Waals surface area (Å²) < 4.78 is 0. The molecule has 10 nitrogen and oxygen atoms in total. The normalized spacial score (nSPS) is 8.11. The van der Waals surface area contributed by atoms with Crippen LogP contribution < -0.4 is 11.5 Å². The molecule has 0 amide bonds. The highest BCUT2D eigenvalue weighted by Gasteiger charge is 2.09. The van der Waals surface area contributed by atoms with Gasteiger partial charge in [-0.15, -0.1) is 0 Å². The summed E-state index contributed by atoms with van der Waals surface area (Å²) in [4.78, 5) is 34.8. The quantitative estimate of drug-likeness (QED) is 0.329. The Labute approximate surface area is 109 Å². The fourth-order valence-corrected chi connectivity index (χ4v) is 0.632. The van der Waals surface area contributed by atoms with Gasteiger partial charge in [0, 0.05) is 0 Å². The predicted molar refractivity (Wildman–Crippen MR) is 65.7 cm³/mol. The maximum atomic E-state index is 10.1. The van der Waals surface area contributed by atoms with Gasteiger partial charge >= 0.3 is 5.97 Å². The van der Waals surface area contributed by atoms with E-state index in [2.05, 4.69) is 0 Å². The van der Waals surface area contributed by atoms with Crippen LogP contribution in [-0.4, -0.2) is 41.9 Å². The second kappa shape index (κ2) is 29.6. The Bertz CT molecular complexity index is 274. The molecule has 0 aromatic heterocycles. The van der Waals surface area contributed by atoms with Gasteiger partial charge in [0.25, 0.3) is 0 Å². The van der Waals surface area contributed by atoms with Crippen LogP contribution in [0.4, 0.5) is 0 Å². The van der Waals surface area contributed by atoms with Gasteiger partial charge in [-0.1, -0.05) is 6.42 Å². The minimum atomic E-state index is -0.933. The minimum Gasteiger partial charge on any atom is -0.724 e. The highest BCUT2D eigenvalue weighted by Crippen LogP contribution is 1.96. The molecular formula is C9H14N5O5-3. The van der Waals surface area contributed by atoms with Crippen LogP contribution in [0, 0.1) is 0 Å². The van der Waals surface area contributed by atoms with Crippen molar-refractivity contribution in [3.05, 3.63) is 16.2 Å². The molecule has 1 unspecified atom stereocenters. The van der Waals surface area contributed by atoms with Crippen molar-refractivity contribution in [3.8, 4) is 0 Å². The SMILES string of the molecule is NCCCCC(N)C(=O)O.[N-]=C=O.[N-]=C=O.[N-]=C=O. The molecule has 0 aliphatic heterocycles. The molecule has 0 aliphatic carbocycles. The van der Waals surface area contributed by atoms with Crippen LogP contribution in [0.15, 0.2) is 0 Å². The molecule has 0 spiro atoms. The molecule has 0 aliphatic rings. The van der Waals surface area contributed by atoms with Gasteiger partial charge in [0.2, 0.25) is 0 Å². The maximum Gasteiger partial charge on any atom is 0.320 e. The molecule has 0 aromatic carbocycles. The summed E-state index contributed by atoms with van der Waals surface area (Å²) in [5.74, 6) is -0.933. The molecule has 0 saturated heterocycles. The summed E-state index contributed by atoms with van der Waals surface area (Å²) >= 11 is 0. The van der Waals surface area contributed by atoms with E-state index in [9.17, 15) is 4.79 Å². The summed E-state index contributed by atoms with van der Waals surface area (Å²) in [6.07, 6.45) is 3.66. The van der Waals surface area contributed by atoms with Gasteiger partial charge in [-0.3, -0.25) is 19.2 Å². The van der Waals surface area contributed by atoms with E-state index in [0.29, 0.717) is 31.2 Å². The standard InChI is InChI=1S/C6H14N2O2.3CNO/c7-4-2-1-3-5(8)6(9)10;3*2-1-3/h5H,1-4,7-8H2,(H,9,10);;;/q;3*-1. The summed E-state index contributed by atoms with van der Waals surface area (Å²) in [5.41, 5.74) is 10.4. The lowest BCUT2D eigenvalue weighted by Crippen LogP contribution is -2.29. The Kier molecular flexibility index (Phi) is 39.5. The van der Waals surface area contributed by atoms with E-state index in [1.165, 1.54) is 0 Å². The number of nitrogens with two attached hydrogens (primary N) is 2. The average molecular weight is 272 g/mol. The average Bonchev–Trinajstić information content (AvgIpc) is 2.32. The van der Waals surface area contributed by atoms with Crippen molar-refractivity contribution in [3.63, 3.8) is 0 Å². The van der Waals surface area contributed by atoms with Gasteiger partial charge in [-0.25, -0.2) is 0 Å². The van der Waals surface area contributed by atoms with Crippen molar-refractivity contribution in [2.24, 2.45) is 11.5 Å². The molecule has 5 N–H and O–H groups in total. The van der Waals surface area contributed by atoms with Crippen LogP contribution in [0.2, 0.25) is 0 Å². The van der Waals surface area contributed by atoms with Gasteiger partial charge < -0.3 is 32.8 Å². The monoisotopic (exact) mass is 272 g/mol. The minimum absolute atomic E-state index is 0.500. The number of aliphatic carboxylic acids is 1. The Balaban J connectivity index is -0.000000103. The fourth-order valence-electron chi connectivity index (χ4n) is 0.632. The molecule has 108 valence electrons. The number of carboxylic acid groups (broad SMARTS) is 1. The van der Waals surface area contributed by atoms with Crippen LogP contribution in [0.3, 0.4) is 0 Å². The van der Waals surface area contributed by atoms with E-state index < -0.39 is 12.0 Å². The number of nitrogens with zero attached hydrogens (tertiary/aromatic N) is 3. The Hall–Kier alpha value is -2.47. The number of carboxylic acids is 1. The van der Waals surface area contributed by atoms with Crippen LogP contribution in [0.25, 0.3) is 16.2 Å². The van der Waals surface area contributed by atoms with Gasteiger partial charge in [-0.05, 0) is 37.6 Å². The number of isocyanates is 3. The molecule has 0 saturated carbocycles. The van der Waals surface area contributed by atoms with E-state index >= 15 is 0 Å². The fraction of sp³-hybridized carbons (Fsp3) is 0.556. The predicted octanol–water partition coefficient (Wildman–Crippen LogP) is -0.798. The Morgan fingerprint density at radius 3 is 1.58 bits per heavy atom. The van der Waals surface area contributed by atoms with Crippen molar-refractivity contribution >= 4 is 24.2 Å². The van der Waals surface area contributed by atoms with Crippen molar-refractivity contribution < 1.29 is 24.3 Å². The summed E-state index contributed by atoms with van der Waals surface area (Å²) in [5, 5.41) is 28.6. The first-order chi connectivity index (χ1) is 8.92. The molecule has 10 heteroatoms. The first-order valence-electron chi connectivity index (χ1n) is 4.65. The summed E-state index contributed by atoms with van der Waals surface area (Å²) in [6, 6.07) is -0.716. The number of rotatable bonds is 5. The van der Waals surface area contributed by atoms with E-state index in [1.54, 1.807) is 0 Å². The molecule has 0 rings (SSSR count). The third-order valence-corrected chi connectivity index (χ3v) is 1.29. The van der Waals surface area contributed by atoms with Crippen LogP contribution in [0.5, 0.6) is 0 Å². The zero-order chi connectivity index (χ0) is 16.1. The van der Waals surface area contributed by atoms with Crippen molar-refractivity contribution in [2.45, 2.75) is 25.3 Å². The second-order valence-electron chi connectivity index (χ2n) is 2.50. The largest absolute Gasteiger partial charge is 0.724 e. The number of carbonyl (C=O) groups is 1. The summed E-state index contributed by atoms with van der Waals surface area (Å²) in [6.45, 7) is 0.604. The second-order valence-corrected chi connectivity index (χ2v) is 2.50. The Morgan fingerprint density at radius 2 is 1.37 bits per heavy atom. The van der Waals surface area contributed by atoms with Crippen molar-refractivity contribution in [2.75, 3.05) is 6.54 Å². The molecule has 19 heavy (non-hydrogen) atoms. The molecule has 0 aromatic rings. The number of unbranched alkanes of at least 4 members (excludes halogenated alkanes) is 1. The van der Waals surface area contributed by atoms with E-state index in [4.69, 9.17) is 47.2 Å². The van der Waals surface area contributed by atoms with E-state index in [-0.39, 0.29) is 0 Å². The van der Waals surface area contributed by atoms with E-state index in [0.717, 1.165) is 12.8 Å². The highest BCUT2D eigenvalue weighted by atomic mass is 16.4. The van der Waals surface area contributed by atoms with Crippen molar-refractivity contribution in [1.82, 2.24) is 0 Å². The zero-order valence-electron chi connectivity index (χ0n) is 9.98. The van der Waals surface area contributed by atoms with Crippen LogP contribution in [0.1, 0.15) is 19.3 Å². The van der Waals surface area contributed by atoms with E-state index in [1.807, 2.05) is 0 Å². The molecule has 1 atom stereocenters. The van der Waals surface area contributed by atoms with Crippen LogP contribution in [-0.2, 0) is 19.2 Å². The molecular weight excluding hydrogens is 258 g/mol. The molecule has 0 fully saturated rings. The van der Waals surface area contributed by atoms with Gasteiger partial charge in [0.05, 0.1) is 0 Å². The third kappa shape index (κ3) is 66.7. The lowest BCUT2D eigenvalue weighted by atomic mass is 10.1. The number of carbonyl (C=O) groups excluding carboxylic acids is 3. The third-order valence-electron chi connectivity index (χ3n) is 1.29. The topological polar surface area (TPSA) is 207 Å². The first kappa shape index (κ1) is 25.4. The number of hydrogen-bond acceptors (Lipinski definition) is 6. The lowest BCUT2D eigenvalue weighted by molar-refractivity contribution is -0.138. The highest BCUT2D eigenvalue weighted by molar-refractivity contribution is 5.72. The Morgan fingerprint density at radius 1 is 1.05 bits per heavy atom. The zero-order valence-corrected chi connectivity index (χ0v) is 9.98. The van der Waals surface area contributed by atoms with Crippen LogP contribution >= 0.6 is 0 Å². The maximum absolute atomic E-state index is 10.1. The lowest BCUT2D eigenvalue weighted by Gasteiger charge is -2.03. The molecule has 0 bridgehead atoms.